The van der Waals surface area contributed by atoms with Gasteiger partial charge in [0.05, 0.1) is 11.6 Å². The fourth-order valence-electron chi connectivity index (χ4n) is 0.907. The summed E-state index contributed by atoms with van der Waals surface area (Å²) in [4.78, 5) is 0. The van der Waals surface area contributed by atoms with Gasteiger partial charge in [-0.15, -0.1) is 0 Å². The van der Waals surface area contributed by atoms with Crippen molar-refractivity contribution in [1.29, 1.82) is 5.26 Å². The van der Waals surface area contributed by atoms with Gasteiger partial charge in [-0.3, -0.25) is 0 Å². The Kier molecular flexibility index (Phi) is 2.78. The van der Waals surface area contributed by atoms with Crippen molar-refractivity contribution < 1.29 is 9.50 Å². The third-order valence-corrected chi connectivity index (χ3v) is 1.66. The molecule has 0 saturated heterocycles. The molecule has 2 nitrogen and oxygen atoms in total. The van der Waals surface area contributed by atoms with Crippen LogP contribution in [0.3, 0.4) is 0 Å². The number of aliphatic hydroxyl groups excluding tert-OH is 1. The highest BCUT2D eigenvalue weighted by molar-refractivity contribution is 5.31. The Morgan fingerprint density at radius 1 is 1.46 bits per heavy atom. The van der Waals surface area contributed by atoms with Gasteiger partial charge in [-0.2, -0.15) is 5.26 Å². The molecule has 0 aliphatic heterocycles. The van der Waals surface area contributed by atoms with E-state index in [1.807, 2.05) is 0 Å². The van der Waals surface area contributed by atoms with E-state index in [1.165, 1.54) is 24.3 Å². The Balaban J connectivity index is 2.91. The Morgan fingerprint density at radius 2 is 2.00 bits per heavy atom. The van der Waals surface area contributed by atoms with Gasteiger partial charge in [0.25, 0.3) is 0 Å². The molecule has 0 radical (unpaired) electrons. The van der Waals surface area contributed by atoms with Crippen molar-refractivity contribution >= 4 is 0 Å². The molecule has 1 atom stereocenters. The monoisotopic (exact) mass is 177 g/mol. The van der Waals surface area contributed by atoms with Crippen LogP contribution >= 0.6 is 0 Å². The highest BCUT2D eigenvalue weighted by Gasteiger charge is 2.10. The van der Waals surface area contributed by atoms with Crippen LogP contribution in [0.1, 0.15) is 11.7 Å². The Morgan fingerprint density at radius 3 is 2.46 bits per heavy atom. The molecule has 1 N–H and O–H groups in total. The Hall–Kier alpha value is -1.66. The summed E-state index contributed by atoms with van der Waals surface area (Å²) in [6, 6.07) is 7.03. The molecule has 0 aliphatic carbocycles. The minimum Gasteiger partial charge on any atom is -0.383 e. The van der Waals surface area contributed by atoms with Gasteiger partial charge < -0.3 is 5.11 Å². The van der Waals surface area contributed by atoms with Gasteiger partial charge >= 0.3 is 0 Å². The molecule has 66 valence electrons. The first-order valence-corrected chi connectivity index (χ1v) is 3.67. The molecule has 0 unspecified atom stereocenters. The molecule has 0 amide bonds. The van der Waals surface area contributed by atoms with E-state index in [0.29, 0.717) is 5.56 Å². The molecule has 0 spiro atoms. The van der Waals surface area contributed by atoms with Crippen LogP contribution < -0.4 is 0 Å². The van der Waals surface area contributed by atoms with Crippen LogP contribution in [0.2, 0.25) is 0 Å². The fraction of sp³-hybridized carbons (Fsp3) is 0.100. The topological polar surface area (TPSA) is 44.0 Å². The minimum atomic E-state index is -1.04. The summed E-state index contributed by atoms with van der Waals surface area (Å²) in [5.74, 6) is -0.376. The van der Waals surface area contributed by atoms with Crippen LogP contribution in [0.4, 0.5) is 4.39 Å². The quantitative estimate of drug-likeness (QED) is 0.701. The maximum atomic E-state index is 12.5. The summed E-state index contributed by atoms with van der Waals surface area (Å²) in [6.07, 6.45) is -1.04. The van der Waals surface area contributed by atoms with Gasteiger partial charge in [0.1, 0.15) is 11.9 Å². The number of halogens is 1. The molecule has 1 aromatic carbocycles. The average molecular weight is 177 g/mol. The van der Waals surface area contributed by atoms with E-state index in [2.05, 4.69) is 6.58 Å². The first-order chi connectivity index (χ1) is 6.15. The van der Waals surface area contributed by atoms with Gasteiger partial charge in [-0.25, -0.2) is 4.39 Å². The summed E-state index contributed by atoms with van der Waals surface area (Å²) in [7, 11) is 0. The number of aliphatic hydroxyl groups is 1. The number of rotatable bonds is 2. The predicted octanol–water partition coefficient (Wildman–Crippen LogP) is 1.94. The lowest BCUT2D eigenvalue weighted by atomic mass is 10.0. The van der Waals surface area contributed by atoms with E-state index in [-0.39, 0.29) is 11.4 Å². The summed E-state index contributed by atoms with van der Waals surface area (Å²) >= 11 is 0. The molecule has 1 aromatic rings. The average Bonchev–Trinajstić information content (AvgIpc) is 2.17. The number of nitrogens with zero attached hydrogens (tertiary/aromatic N) is 1. The minimum absolute atomic E-state index is 0.0478. The summed E-state index contributed by atoms with van der Waals surface area (Å²) in [5, 5.41) is 17.9. The van der Waals surface area contributed by atoms with Crippen molar-refractivity contribution in [3.63, 3.8) is 0 Å². The number of benzene rings is 1. The van der Waals surface area contributed by atoms with Crippen molar-refractivity contribution in [2.45, 2.75) is 6.10 Å². The van der Waals surface area contributed by atoms with E-state index >= 15 is 0 Å². The smallest absolute Gasteiger partial charge is 0.123 e. The first kappa shape index (κ1) is 9.43. The van der Waals surface area contributed by atoms with Crippen LogP contribution in [0.25, 0.3) is 0 Å². The second-order valence-corrected chi connectivity index (χ2v) is 2.59. The highest BCUT2D eigenvalue weighted by atomic mass is 19.1. The zero-order chi connectivity index (χ0) is 9.84. The molecule has 1 rings (SSSR count). The molecule has 0 saturated carbocycles. The predicted molar refractivity (Wildman–Crippen MR) is 46.1 cm³/mol. The molecule has 13 heavy (non-hydrogen) atoms. The summed E-state index contributed by atoms with van der Waals surface area (Å²) in [5.41, 5.74) is 0.513. The second-order valence-electron chi connectivity index (χ2n) is 2.59. The van der Waals surface area contributed by atoms with Crippen LogP contribution in [0.5, 0.6) is 0 Å². The van der Waals surface area contributed by atoms with Crippen LogP contribution in [-0.2, 0) is 0 Å². The van der Waals surface area contributed by atoms with Crippen molar-refractivity contribution in [2.24, 2.45) is 0 Å². The van der Waals surface area contributed by atoms with E-state index in [0.717, 1.165) is 0 Å². The van der Waals surface area contributed by atoms with E-state index in [9.17, 15) is 9.50 Å². The summed E-state index contributed by atoms with van der Waals surface area (Å²) in [6.45, 7) is 3.37. The number of nitriles is 1. The molecular weight excluding hydrogens is 169 g/mol. The molecule has 0 bridgehead atoms. The van der Waals surface area contributed by atoms with Gasteiger partial charge in [-0.05, 0) is 17.7 Å². The third kappa shape index (κ3) is 2.14. The van der Waals surface area contributed by atoms with Crippen molar-refractivity contribution in [3.05, 3.63) is 47.8 Å². The lowest BCUT2D eigenvalue weighted by Gasteiger charge is -2.07. The van der Waals surface area contributed by atoms with E-state index < -0.39 is 6.10 Å². The lowest BCUT2D eigenvalue weighted by molar-refractivity contribution is 0.221. The number of hydrogen-bond acceptors (Lipinski definition) is 2. The van der Waals surface area contributed by atoms with Crippen LogP contribution in [-0.4, -0.2) is 5.11 Å². The molecule has 0 fully saturated rings. The first-order valence-electron chi connectivity index (χ1n) is 3.67. The second kappa shape index (κ2) is 3.83. The molecule has 3 heteroatoms. The molecule has 0 aromatic heterocycles. The van der Waals surface area contributed by atoms with Gasteiger partial charge in [0.15, 0.2) is 0 Å². The van der Waals surface area contributed by atoms with Gasteiger partial charge in [0, 0.05) is 0 Å². The maximum absolute atomic E-state index is 12.5. The normalized spacial score (nSPS) is 11.8. The van der Waals surface area contributed by atoms with Crippen LogP contribution in [0, 0.1) is 17.1 Å². The number of hydrogen-bond donors (Lipinski definition) is 1. The molecule has 0 heterocycles. The Labute approximate surface area is 75.6 Å². The van der Waals surface area contributed by atoms with Crippen molar-refractivity contribution in [1.82, 2.24) is 0 Å². The van der Waals surface area contributed by atoms with Crippen molar-refractivity contribution in [3.8, 4) is 6.07 Å². The Bertz CT molecular complexity index is 350. The lowest BCUT2D eigenvalue weighted by Crippen LogP contribution is -1.98. The molecular formula is C10H8FNO. The maximum Gasteiger partial charge on any atom is 0.123 e. The fourth-order valence-corrected chi connectivity index (χ4v) is 0.907. The third-order valence-electron chi connectivity index (χ3n) is 1.66. The zero-order valence-corrected chi connectivity index (χ0v) is 6.87. The van der Waals surface area contributed by atoms with Crippen molar-refractivity contribution in [2.75, 3.05) is 0 Å². The van der Waals surface area contributed by atoms with Crippen LogP contribution in [0.15, 0.2) is 36.4 Å². The highest BCUT2D eigenvalue weighted by Crippen LogP contribution is 2.19. The largest absolute Gasteiger partial charge is 0.383 e. The molecule has 0 aliphatic rings. The van der Waals surface area contributed by atoms with Gasteiger partial charge in [-0.1, -0.05) is 18.7 Å². The zero-order valence-electron chi connectivity index (χ0n) is 6.87. The van der Waals surface area contributed by atoms with E-state index in [1.54, 1.807) is 6.07 Å². The van der Waals surface area contributed by atoms with Gasteiger partial charge in [0.2, 0.25) is 0 Å². The summed E-state index contributed by atoms with van der Waals surface area (Å²) < 4.78 is 12.5. The van der Waals surface area contributed by atoms with E-state index in [4.69, 9.17) is 5.26 Å². The SMILES string of the molecule is C=C(C#N)[C@H](O)c1ccc(F)cc1. The standard InChI is InChI=1S/C10H8FNO/c1-7(6-12)10(13)8-2-4-9(11)5-3-8/h2-5,10,13H,1H2/t10-/m0/s1.